The van der Waals surface area contributed by atoms with Crippen LogP contribution in [0.25, 0.3) is 0 Å². The molecule has 1 heterocycles. The molecule has 6 nitrogen and oxygen atoms in total. The minimum absolute atomic E-state index is 0.0276. The number of fused-ring (bicyclic) bond motifs is 1. The number of aryl methyl sites for hydroxylation is 1. The van der Waals surface area contributed by atoms with Crippen LogP contribution < -0.4 is 20.3 Å². The fourth-order valence-corrected chi connectivity index (χ4v) is 2.82. The van der Waals surface area contributed by atoms with Crippen molar-refractivity contribution in [1.82, 2.24) is 5.32 Å². The van der Waals surface area contributed by atoms with Crippen molar-refractivity contribution >= 4 is 23.2 Å². The molecule has 0 saturated carbocycles. The Hall–Kier alpha value is -3.02. The number of hydrogen-bond acceptors (Lipinski definition) is 4. The first kappa shape index (κ1) is 17.8. The number of carbonyl (C=O) groups excluding carboxylic acids is 2. The van der Waals surface area contributed by atoms with Crippen LogP contribution >= 0.6 is 0 Å². The Morgan fingerprint density at radius 3 is 2.81 bits per heavy atom. The van der Waals surface area contributed by atoms with E-state index in [4.69, 9.17) is 4.74 Å². The van der Waals surface area contributed by atoms with Crippen molar-refractivity contribution in [2.24, 2.45) is 0 Å². The van der Waals surface area contributed by atoms with Gasteiger partial charge in [0.05, 0.1) is 0 Å². The number of carbonyl (C=O) groups is 2. The summed E-state index contributed by atoms with van der Waals surface area (Å²) in [6.07, 6.45) is 1.17. The average molecular weight is 353 g/mol. The molecule has 0 bridgehead atoms. The lowest BCUT2D eigenvalue weighted by Crippen LogP contribution is -2.35. The second kappa shape index (κ2) is 8.38. The summed E-state index contributed by atoms with van der Waals surface area (Å²) in [5.74, 6) is 0.514. The number of ether oxygens (including phenoxy) is 1. The van der Waals surface area contributed by atoms with Crippen molar-refractivity contribution in [1.29, 1.82) is 0 Å². The van der Waals surface area contributed by atoms with Crippen molar-refractivity contribution in [2.75, 3.05) is 37.0 Å². The molecule has 0 atom stereocenters. The second-order valence-electron chi connectivity index (χ2n) is 6.26. The summed E-state index contributed by atoms with van der Waals surface area (Å²) in [5.41, 5.74) is 2.97. The zero-order chi connectivity index (χ0) is 18.4. The summed E-state index contributed by atoms with van der Waals surface area (Å²) >= 11 is 0. The lowest BCUT2D eigenvalue weighted by Gasteiger charge is -2.19. The number of benzene rings is 2. The van der Waals surface area contributed by atoms with Gasteiger partial charge in [0.1, 0.15) is 5.75 Å². The van der Waals surface area contributed by atoms with E-state index in [0.717, 1.165) is 16.9 Å². The van der Waals surface area contributed by atoms with Gasteiger partial charge >= 0.3 is 0 Å². The molecular weight excluding hydrogens is 330 g/mol. The summed E-state index contributed by atoms with van der Waals surface area (Å²) in [4.78, 5) is 25.4. The maximum absolute atomic E-state index is 12.0. The van der Waals surface area contributed by atoms with Crippen LogP contribution in [-0.2, 0) is 16.0 Å². The molecule has 0 aromatic heterocycles. The largest absolute Gasteiger partial charge is 0.484 e. The van der Waals surface area contributed by atoms with E-state index in [1.807, 2.05) is 49.5 Å². The third-order valence-corrected chi connectivity index (χ3v) is 4.31. The monoisotopic (exact) mass is 353 g/mol. The van der Waals surface area contributed by atoms with Crippen molar-refractivity contribution in [3.63, 3.8) is 0 Å². The smallest absolute Gasteiger partial charge is 0.258 e. The van der Waals surface area contributed by atoms with Crippen molar-refractivity contribution in [3.05, 3.63) is 54.1 Å². The molecule has 3 rings (SSSR count). The summed E-state index contributed by atoms with van der Waals surface area (Å²) in [6, 6.07) is 15.5. The van der Waals surface area contributed by atoms with E-state index in [-0.39, 0.29) is 18.4 Å². The minimum Gasteiger partial charge on any atom is -0.484 e. The summed E-state index contributed by atoms with van der Waals surface area (Å²) in [7, 11) is 1.99. The number of para-hydroxylation sites is 1. The molecular formula is C20H23N3O3. The highest BCUT2D eigenvalue weighted by Gasteiger charge is 2.15. The SMILES string of the molecule is CN(CCNC(=O)COc1ccc2c(c1)CCC(=O)N2)c1ccccc1. The van der Waals surface area contributed by atoms with Crippen LogP contribution in [0.15, 0.2) is 48.5 Å². The Kier molecular flexibility index (Phi) is 5.73. The maximum Gasteiger partial charge on any atom is 0.258 e. The number of hydrogen-bond donors (Lipinski definition) is 2. The van der Waals surface area contributed by atoms with Crippen molar-refractivity contribution in [3.8, 4) is 5.75 Å². The highest BCUT2D eigenvalue weighted by molar-refractivity contribution is 5.94. The zero-order valence-electron chi connectivity index (χ0n) is 14.8. The van der Waals surface area contributed by atoms with E-state index >= 15 is 0 Å². The molecule has 1 aliphatic heterocycles. The topological polar surface area (TPSA) is 70.7 Å². The van der Waals surface area contributed by atoms with Crippen LogP contribution in [0.3, 0.4) is 0 Å². The number of nitrogens with zero attached hydrogens (tertiary/aromatic N) is 1. The molecule has 0 spiro atoms. The van der Waals surface area contributed by atoms with E-state index < -0.39 is 0 Å². The third-order valence-electron chi connectivity index (χ3n) is 4.31. The fourth-order valence-electron chi connectivity index (χ4n) is 2.82. The predicted octanol–water partition coefficient (Wildman–Crippen LogP) is 2.20. The van der Waals surface area contributed by atoms with Gasteiger partial charge in [0.2, 0.25) is 5.91 Å². The normalized spacial score (nSPS) is 12.7. The Labute approximate surface area is 153 Å². The first-order chi connectivity index (χ1) is 12.6. The quantitative estimate of drug-likeness (QED) is 0.801. The van der Waals surface area contributed by atoms with Crippen LogP contribution in [0.5, 0.6) is 5.75 Å². The number of rotatable bonds is 7. The van der Waals surface area contributed by atoms with Gasteiger partial charge in [-0.2, -0.15) is 0 Å². The first-order valence-electron chi connectivity index (χ1n) is 8.70. The summed E-state index contributed by atoms with van der Waals surface area (Å²) in [5, 5.41) is 5.68. The molecule has 0 saturated heterocycles. The van der Waals surface area contributed by atoms with Crippen LogP contribution in [0.2, 0.25) is 0 Å². The highest BCUT2D eigenvalue weighted by Crippen LogP contribution is 2.26. The Morgan fingerprint density at radius 2 is 2.00 bits per heavy atom. The molecule has 2 aromatic rings. The zero-order valence-corrected chi connectivity index (χ0v) is 14.8. The van der Waals surface area contributed by atoms with Gasteiger partial charge in [0.25, 0.3) is 5.91 Å². The minimum atomic E-state index is -0.155. The molecule has 136 valence electrons. The third kappa shape index (κ3) is 4.75. The Balaban J connectivity index is 1.41. The molecule has 0 fully saturated rings. The van der Waals surface area contributed by atoms with E-state index in [1.165, 1.54) is 0 Å². The first-order valence-corrected chi connectivity index (χ1v) is 8.70. The van der Waals surface area contributed by atoms with E-state index in [1.54, 1.807) is 6.07 Å². The number of nitrogens with one attached hydrogen (secondary N) is 2. The summed E-state index contributed by atoms with van der Waals surface area (Å²) < 4.78 is 5.56. The van der Waals surface area contributed by atoms with Gasteiger partial charge < -0.3 is 20.3 Å². The van der Waals surface area contributed by atoms with Crippen molar-refractivity contribution in [2.45, 2.75) is 12.8 Å². The predicted molar refractivity (Wildman–Crippen MR) is 102 cm³/mol. The van der Waals surface area contributed by atoms with E-state index in [0.29, 0.717) is 31.7 Å². The van der Waals surface area contributed by atoms with Gasteiger partial charge in [-0.15, -0.1) is 0 Å². The standard InChI is InChI=1S/C20H23N3O3/c1-23(16-5-3-2-4-6-16)12-11-21-20(25)14-26-17-8-9-18-15(13-17)7-10-19(24)22-18/h2-6,8-9,13H,7,10-12,14H2,1H3,(H,21,25)(H,22,24). The van der Waals surface area contributed by atoms with Gasteiger partial charge in [-0.25, -0.2) is 0 Å². The van der Waals surface area contributed by atoms with Crippen LogP contribution in [0, 0.1) is 0 Å². The molecule has 0 radical (unpaired) electrons. The van der Waals surface area contributed by atoms with Gasteiger partial charge in [0, 0.05) is 37.9 Å². The van der Waals surface area contributed by atoms with Crippen LogP contribution in [0.4, 0.5) is 11.4 Å². The molecule has 1 aliphatic rings. The van der Waals surface area contributed by atoms with Crippen molar-refractivity contribution < 1.29 is 14.3 Å². The lowest BCUT2D eigenvalue weighted by molar-refractivity contribution is -0.123. The van der Waals surface area contributed by atoms with E-state index in [2.05, 4.69) is 15.5 Å². The molecule has 2 aromatic carbocycles. The number of amides is 2. The fraction of sp³-hybridized carbons (Fsp3) is 0.300. The molecule has 2 N–H and O–H groups in total. The van der Waals surface area contributed by atoms with E-state index in [9.17, 15) is 9.59 Å². The van der Waals surface area contributed by atoms with Crippen LogP contribution in [0.1, 0.15) is 12.0 Å². The number of likely N-dealkylation sites (N-methyl/N-ethyl adjacent to an activating group) is 1. The average Bonchev–Trinajstić information content (AvgIpc) is 2.67. The molecule has 0 aliphatic carbocycles. The molecule has 0 unspecified atom stereocenters. The Bertz CT molecular complexity index is 777. The second-order valence-corrected chi connectivity index (χ2v) is 6.26. The van der Waals surface area contributed by atoms with Gasteiger partial charge in [0.15, 0.2) is 6.61 Å². The summed E-state index contributed by atoms with van der Waals surface area (Å²) in [6.45, 7) is 1.23. The molecule has 26 heavy (non-hydrogen) atoms. The van der Waals surface area contributed by atoms with Gasteiger partial charge in [-0.05, 0) is 42.3 Å². The molecule has 2 amide bonds. The van der Waals surface area contributed by atoms with Crippen LogP contribution in [-0.4, -0.2) is 38.6 Å². The highest BCUT2D eigenvalue weighted by atomic mass is 16.5. The van der Waals surface area contributed by atoms with Gasteiger partial charge in [-0.3, -0.25) is 9.59 Å². The Morgan fingerprint density at radius 1 is 1.19 bits per heavy atom. The number of anilines is 2. The maximum atomic E-state index is 12.0. The molecule has 6 heteroatoms. The lowest BCUT2D eigenvalue weighted by atomic mass is 10.0. The van der Waals surface area contributed by atoms with Gasteiger partial charge in [-0.1, -0.05) is 18.2 Å².